The molecule has 11 nitrogen and oxygen atoms in total. The van der Waals surface area contributed by atoms with Gasteiger partial charge in [-0.1, -0.05) is 18.2 Å². The summed E-state index contributed by atoms with van der Waals surface area (Å²) < 4.78 is 37.5. The third-order valence-electron chi connectivity index (χ3n) is 7.23. The molecular formula is C32H33F2N7O4S. The number of urea groups is 1. The van der Waals surface area contributed by atoms with Gasteiger partial charge in [-0.05, 0) is 68.4 Å². The smallest absolute Gasteiger partial charge is 0.338 e. The molecule has 0 aliphatic rings. The van der Waals surface area contributed by atoms with Gasteiger partial charge in [-0.15, -0.1) is 16.4 Å². The van der Waals surface area contributed by atoms with Gasteiger partial charge in [0.2, 0.25) is 0 Å². The summed E-state index contributed by atoms with van der Waals surface area (Å²) in [6, 6.07) is 13.2. The Hall–Kier alpha value is -4.79. The van der Waals surface area contributed by atoms with Gasteiger partial charge >= 0.3 is 11.7 Å². The fourth-order valence-corrected chi connectivity index (χ4v) is 6.31. The van der Waals surface area contributed by atoms with Crippen molar-refractivity contribution in [1.82, 2.24) is 29.5 Å². The van der Waals surface area contributed by atoms with E-state index >= 15 is 0 Å². The molecule has 3 heterocycles. The Morgan fingerprint density at radius 1 is 1.02 bits per heavy atom. The van der Waals surface area contributed by atoms with Crippen LogP contribution in [0.2, 0.25) is 0 Å². The zero-order valence-corrected chi connectivity index (χ0v) is 26.4. The van der Waals surface area contributed by atoms with Crippen molar-refractivity contribution in [3.8, 4) is 16.3 Å². The minimum Gasteiger partial charge on any atom is -0.380 e. The highest BCUT2D eigenvalue weighted by molar-refractivity contribution is 7.22. The largest absolute Gasteiger partial charge is 0.380 e. The van der Waals surface area contributed by atoms with Gasteiger partial charge in [0.1, 0.15) is 16.5 Å². The molecule has 0 aliphatic carbocycles. The molecule has 0 radical (unpaired) electrons. The molecule has 0 saturated heterocycles. The highest BCUT2D eigenvalue weighted by atomic mass is 32.1. The number of hydrogen-bond acceptors (Lipinski definition) is 8. The van der Waals surface area contributed by atoms with Gasteiger partial charge < -0.3 is 15.4 Å². The van der Waals surface area contributed by atoms with Gasteiger partial charge in [0.25, 0.3) is 5.56 Å². The lowest BCUT2D eigenvalue weighted by Crippen LogP contribution is -2.40. The van der Waals surface area contributed by atoms with E-state index in [1.54, 1.807) is 24.3 Å². The van der Waals surface area contributed by atoms with Crippen molar-refractivity contribution < 1.29 is 18.3 Å². The molecule has 0 saturated carbocycles. The normalized spacial score (nSPS) is 11.3. The van der Waals surface area contributed by atoms with E-state index in [4.69, 9.17) is 4.74 Å². The molecule has 5 aromatic rings. The molecule has 5 rings (SSSR count). The van der Waals surface area contributed by atoms with Crippen molar-refractivity contribution >= 4 is 33.3 Å². The van der Waals surface area contributed by atoms with Crippen molar-refractivity contribution in [2.75, 3.05) is 38.7 Å². The molecule has 2 N–H and O–H groups in total. The lowest BCUT2D eigenvalue weighted by atomic mass is 10.1. The number of nitrogens with zero attached hydrogens (tertiary/aromatic N) is 5. The van der Waals surface area contributed by atoms with E-state index < -0.39 is 29.4 Å². The van der Waals surface area contributed by atoms with Crippen LogP contribution in [0.15, 0.2) is 70.4 Å². The van der Waals surface area contributed by atoms with E-state index in [9.17, 15) is 23.2 Å². The maximum atomic E-state index is 14.9. The van der Waals surface area contributed by atoms with Crippen molar-refractivity contribution in [3.05, 3.63) is 104 Å². The summed E-state index contributed by atoms with van der Waals surface area (Å²) in [5.41, 5.74) is 0.137. The van der Waals surface area contributed by atoms with E-state index in [0.717, 1.165) is 22.3 Å². The molecule has 0 fully saturated rings. The van der Waals surface area contributed by atoms with Crippen LogP contribution >= 0.6 is 11.3 Å². The predicted octanol–water partition coefficient (Wildman–Crippen LogP) is 4.61. The maximum absolute atomic E-state index is 14.9. The number of aromatic nitrogens is 4. The third kappa shape index (κ3) is 6.88. The van der Waals surface area contributed by atoms with Crippen LogP contribution in [0.5, 0.6) is 0 Å². The number of amides is 2. The molecule has 0 unspecified atom stereocenters. The van der Waals surface area contributed by atoms with Crippen LogP contribution in [0.3, 0.4) is 0 Å². The van der Waals surface area contributed by atoms with E-state index in [2.05, 4.69) is 20.8 Å². The van der Waals surface area contributed by atoms with Crippen LogP contribution in [-0.4, -0.2) is 63.6 Å². The Morgan fingerprint density at radius 3 is 2.41 bits per heavy atom. The molecule has 46 heavy (non-hydrogen) atoms. The minimum absolute atomic E-state index is 0.0219. The number of rotatable bonds is 12. The van der Waals surface area contributed by atoms with Crippen LogP contribution in [0.4, 0.5) is 19.3 Å². The Balaban J connectivity index is 1.76. The Morgan fingerprint density at radius 2 is 1.76 bits per heavy atom. The fraction of sp³-hybridized carbons (Fsp3) is 0.281. The number of carbonyl (C=O) groups is 1. The summed E-state index contributed by atoms with van der Waals surface area (Å²) in [6.07, 6.45) is 1.41. The van der Waals surface area contributed by atoms with E-state index in [0.29, 0.717) is 49.0 Å². The predicted molar refractivity (Wildman–Crippen MR) is 174 cm³/mol. The van der Waals surface area contributed by atoms with E-state index in [1.807, 2.05) is 25.8 Å². The average molecular weight is 650 g/mol. The number of ether oxygens (including phenoxy) is 1. The van der Waals surface area contributed by atoms with Crippen molar-refractivity contribution in [2.24, 2.45) is 0 Å². The summed E-state index contributed by atoms with van der Waals surface area (Å²) in [5.74, 6) is -1.66. The first kappa shape index (κ1) is 32.6. The summed E-state index contributed by atoms with van der Waals surface area (Å²) in [5, 5.41) is 13.5. The topological polar surface area (TPSA) is 123 Å². The van der Waals surface area contributed by atoms with Crippen LogP contribution in [0.1, 0.15) is 25.0 Å². The second-order valence-corrected chi connectivity index (χ2v) is 11.4. The highest BCUT2D eigenvalue weighted by Crippen LogP contribution is 2.38. The second-order valence-electron chi connectivity index (χ2n) is 10.4. The number of likely N-dealkylation sites (N-methyl/N-ethyl adjacent to an activating group) is 1. The van der Waals surface area contributed by atoms with Crippen LogP contribution in [0.25, 0.3) is 26.5 Å². The summed E-state index contributed by atoms with van der Waals surface area (Å²) in [4.78, 5) is 43.3. The number of thiophene rings is 1. The van der Waals surface area contributed by atoms with Gasteiger partial charge in [0.15, 0.2) is 5.82 Å². The molecule has 0 bridgehead atoms. The number of hydrogen-bond donors (Lipinski definition) is 2. The average Bonchev–Trinajstić information content (AvgIpc) is 3.40. The quantitative estimate of drug-likeness (QED) is 0.189. The number of carbonyl (C=O) groups excluding carboxylic acids is 1. The van der Waals surface area contributed by atoms with E-state index in [-0.39, 0.29) is 27.6 Å². The summed E-state index contributed by atoms with van der Waals surface area (Å²) in [6.45, 7) is 5.59. The van der Waals surface area contributed by atoms with E-state index in [1.165, 1.54) is 40.3 Å². The molecule has 2 aromatic carbocycles. The van der Waals surface area contributed by atoms with Gasteiger partial charge in [-0.25, -0.2) is 22.9 Å². The standard InChI is InChI=1S/C32H33F2N7O4S/c1-4-35-31(43)37-21-13-11-20(12-14-21)28-23(18-39(3)16-17-45-5-2)27-29(42)41(26-10-7-15-36-38-26)32(44)40(30(27)46-28)19-22-24(33)8-6-9-25(22)34/h6-15H,4-5,16-19H2,1-3H3,(H2,35,37,43). The first-order valence-corrected chi connectivity index (χ1v) is 15.5. The number of anilines is 1. The molecular weight excluding hydrogens is 616 g/mol. The van der Waals surface area contributed by atoms with Gasteiger partial charge in [0, 0.05) is 48.6 Å². The van der Waals surface area contributed by atoms with Crippen molar-refractivity contribution in [1.29, 1.82) is 0 Å². The third-order valence-corrected chi connectivity index (χ3v) is 8.53. The first-order chi connectivity index (χ1) is 22.2. The molecule has 240 valence electrons. The first-order valence-electron chi connectivity index (χ1n) is 14.7. The summed E-state index contributed by atoms with van der Waals surface area (Å²) >= 11 is 1.18. The van der Waals surface area contributed by atoms with Gasteiger partial charge in [-0.3, -0.25) is 14.3 Å². The van der Waals surface area contributed by atoms with Crippen LogP contribution in [0, 0.1) is 11.6 Å². The lowest BCUT2D eigenvalue weighted by molar-refractivity contribution is 0.120. The monoisotopic (exact) mass is 649 g/mol. The second kappa shape index (κ2) is 14.5. The lowest BCUT2D eigenvalue weighted by Gasteiger charge is -2.18. The maximum Gasteiger partial charge on any atom is 0.338 e. The van der Waals surface area contributed by atoms with Crippen LogP contribution < -0.4 is 21.9 Å². The SMILES string of the molecule is CCNC(=O)Nc1ccc(-c2sc3c(c2CN(C)CCOCC)c(=O)n(-c2cccnn2)c(=O)n3Cc2c(F)cccc2F)cc1. The van der Waals surface area contributed by atoms with Crippen molar-refractivity contribution in [2.45, 2.75) is 26.9 Å². The number of nitrogens with one attached hydrogen (secondary N) is 2. The molecule has 0 atom stereocenters. The molecule has 0 aliphatic heterocycles. The van der Waals surface area contributed by atoms with Crippen molar-refractivity contribution in [3.63, 3.8) is 0 Å². The summed E-state index contributed by atoms with van der Waals surface area (Å²) in [7, 11) is 1.89. The zero-order valence-electron chi connectivity index (χ0n) is 25.5. The molecule has 2 amide bonds. The minimum atomic E-state index is -0.819. The Bertz CT molecular complexity index is 1940. The number of halogens is 2. The number of benzene rings is 2. The highest BCUT2D eigenvalue weighted by Gasteiger charge is 2.26. The van der Waals surface area contributed by atoms with Gasteiger partial charge in [0.05, 0.1) is 18.5 Å². The molecule has 3 aromatic heterocycles. The van der Waals surface area contributed by atoms with Gasteiger partial charge in [-0.2, -0.15) is 5.10 Å². The molecule has 14 heteroatoms. The van der Waals surface area contributed by atoms with Crippen LogP contribution in [-0.2, 0) is 17.8 Å². The Labute approximate surface area is 267 Å². The fourth-order valence-electron chi connectivity index (χ4n) is 5.00. The molecule has 0 spiro atoms. The zero-order chi connectivity index (χ0) is 32.8. The Kier molecular flexibility index (Phi) is 10.3. The number of fused-ring (bicyclic) bond motifs is 1.